The van der Waals surface area contributed by atoms with Crippen molar-refractivity contribution in [2.24, 2.45) is 0 Å². The summed E-state index contributed by atoms with van der Waals surface area (Å²) in [6.07, 6.45) is 0.857. The third-order valence-electron chi connectivity index (χ3n) is 3.19. The van der Waals surface area contributed by atoms with Crippen molar-refractivity contribution < 1.29 is 0 Å². The van der Waals surface area contributed by atoms with Crippen molar-refractivity contribution in [1.82, 2.24) is 4.98 Å². The van der Waals surface area contributed by atoms with Crippen LogP contribution in [0.4, 0.5) is 0 Å². The molecule has 0 bridgehead atoms. The molecule has 2 aromatic rings. The van der Waals surface area contributed by atoms with E-state index in [9.17, 15) is 0 Å². The van der Waals surface area contributed by atoms with Crippen LogP contribution in [0.15, 0.2) is 17.5 Å². The Kier molecular flexibility index (Phi) is 3.85. The van der Waals surface area contributed by atoms with Crippen molar-refractivity contribution in [1.29, 1.82) is 0 Å². The Labute approximate surface area is 111 Å². The number of aromatic nitrogens is 1. The second kappa shape index (κ2) is 5.19. The quantitative estimate of drug-likeness (QED) is 0.744. The average molecular weight is 266 g/mol. The topological polar surface area (TPSA) is 12.9 Å². The molecule has 3 heteroatoms. The highest BCUT2D eigenvalue weighted by molar-refractivity contribution is 7.10. The first-order valence-corrected chi connectivity index (χ1v) is 7.12. The molecule has 17 heavy (non-hydrogen) atoms. The van der Waals surface area contributed by atoms with Crippen molar-refractivity contribution >= 4 is 22.9 Å². The highest BCUT2D eigenvalue weighted by Crippen LogP contribution is 2.28. The Morgan fingerprint density at radius 3 is 2.65 bits per heavy atom. The first-order valence-electron chi connectivity index (χ1n) is 5.71. The summed E-state index contributed by atoms with van der Waals surface area (Å²) in [4.78, 5) is 4.64. The van der Waals surface area contributed by atoms with Crippen molar-refractivity contribution in [3.63, 3.8) is 0 Å². The highest BCUT2D eigenvalue weighted by atomic mass is 35.5. The van der Waals surface area contributed by atoms with Crippen LogP contribution >= 0.6 is 22.9 Å². The van der Waals surface area contributed by atoms with Gasteiger partial charge in [-0.1, -0.05) is 12.1 Å². The molecular formula is C14H16ClNS. The van der Waals surface area contributed by atoms with E-state index in [1.54, 1.807) is 11.3 Å². The van der Waals surface area contributed by atoms with Gasteiger partial charge < -0.3 is 0 Å². The Morgan fingerprint density at radius 1 is 1.18 bits per heavy atom. The zero-order chi connectivity index (χ0) is 12.4. The van der Waals surface area contributed by atoms with Crippen LogP contribution in [0.25, 0.3) is 11.3 Å². The van der Waals surface area contributed by atoms with Crippen molar-refractivity contribution in [3.05, 3.63) is 39.2 Å². The van der Waals surface area contributed by atoms with Crippen LogP contribution in [0.3, 0.4) is 0 Å². The lowest BCUT2D eigenvalue weighted by Gasteiger charge is -2.09. The van der Waals surface area contributed by atoms with Crippen molar-refractivity contribution in [2.75, 3.05) is 5.88 Å². The van der Waals surface area contributed by atoms with Gasteiger partial charge in [0.05, 0.1) is 10.7 Å². The van der Waals surface area contributed by atoms with E-state index >= 15 is 0 Å². The molecule has 1 aromatic carbocycles. The molecule has 0 radical (unpaired) electrons. The fourth-order valence-electron chi connectivity index (χ4n) is 1.86. The van der Waals surface area contributed by atoms with Crippen LogP contribution in [-0.2, 0) is 6.42 Å². The summed E-state index contributed by atoms with van der Waals surface area (Å²) in [5.74, 6) is 0.638. The first-order chi connectivity index (χ1) is 8.13. The maximum absolute atomic E-state index is 5.74. The molecular weight excluding hydrogens is 250 g/mol. The van der Waals surface area contributed by atoms with E-state index in [0.717, 1.165) is 17.1 Å². The van der Waals surface area contributed by atoms with Crippen LogP contribution in [0.5, 0.6) is 0 Å². The fourth-order valence-corrected chi connectivity index (χ4v) is 2.95. The summed E-state index contributed by atoms with van der Waals surface area (Å²) in [5, 5.41) is 3.24. The molecule has 2 rings (SSSR count). The lowest BCUT2D eigenvalue weighted by molar-refractivity contribution is 1.10. The van der Waals surface area contributed by atoms with Gasteiger partial charge in [0, 0.05) is 23.2 Å². The monoisotopic (exact) mass is 265 g/mol. The van der Waals surface area contributed by atoms with E-state index in [1.807, 2.05) is 0 Å². The normalized spacial score (nSPS) is 10.8. The number of thiazole rings is 1. The van der Waals surface area contributed by atoms with Gasteiger partial charge in [-0.3, -0.25) is 0 Å². The molecule has 0 N–H and O–H groups in total. The molecule has 1 heterocycles. The fraction of sp³-hybridized carbons (Fsp3) is 0.357. The predicted octanol–water partition coefficient (Wildman–Crippen LogP) is 4.52. The SMILES string of the molecule is Cc1ccc(-c2csc(CCCl)n2)c(C)c1C. The number of nitrogens with zero attached hydrogens (tertiary/aromatic N) is 1. The summed E-state index contributed by atoms with van der Waals surface area (Å²) in [5.41, 5.74) is 6.34. The van der Waals surface area contributed by atoms with E-state index in [1.165, 1.54) is 22.3 Å². The average Bonchev–Trinajstić information content (AvgIpc) is 2.75. The van der Waals surface area contributed by atoms with E-state index in [0.29, 0.717) is 5.88 Å². The standard InChI is InChI=1S/C14H16ClNS/c1-9-4-5-12(11(3)10(9)2)13-8-17-14(16-13)6-7-15/h4-5,8H,6-7H2,1-3H3. The molecule has 1 aromatic heterocycles. The smallest absolute Gasteiger partial charge is 0.0944 e. The minimum absolute atomic E-state index is 0.638. The van der Waals surface area contributed by atoms with Gasteiger partial charge in [0.15, 0.2) is 0 Å². The lowest BCUT2D eigenvalue weighted by Crippen LogP contribution is -1.91. The Morgan fingerprint density at radius 2 is 1.94 bits per heavy atom. The lowest BCUT2D eigenvalue weighted by atomic mass is 9.97. The Bertz CT molecular complexity index is 531. The first kappa shape index (κ1) is 12.6. The van der Waals surface area contributed by atoms with Gasteiger partial charge in [0.2, 0.25) is 0 Å². The molecule has 0 saturated heterocycles. The molecule has 90 valence electrons. The van der Waals surface area contributed by atoms with Gasteiger partial charge in [-0.15, -0.1) is 22.9 Å². The van der Waals surface area contributed by atoms with E-state index in [2.05, 4.69) is 43.3 Å². The van der Waals surface area contributed by atoms with Crippen molar-refractivity contribution in [2.45, 2.75) is 27.2 Å². The predicted molar refractivity (Wildman–Crippen MR) is 76.2 cm³/mol. The summed E-state index contributed by atoms with van der Waals surface area (Å²) >= 11 is 7.43. The number of halogens is 1. The zero-order valence-corrected chi connectivity index (χ0v) is 12.0. The molecule has 0 aliphatic carbocycles. The summed E-state index contributed by atoms with van der Waals surface area (Å²) in [6, 6.07) is 4.33. The third kappa shape index (κ3) is 2.53. The van der Waals surface area contributed by atoms with Gasteiger partial charge >= 0.3 is 0 Å². The summed E-state index contributed by atoms with van der Waals surface area (Å²) < 4.78 is 0. The van der Waals surface area contributed by atoms with E-state index in [-0.39, 0.29) is 0 Å². The van der Waals surface area contributed by atoms with Crippen molar-refractivity contribution in [3.8, 4) is 11.3 Å². The number of aryl methyl sites for hydroxylation is 2. The molecule has 0 aliphatic rings. The summed E-state index contributed by atoms with van der Waals surface area (Å²) in [7, 11) is 0. The van der Waals surface area contributed by atoms with E-state index in [4.69, 9.17) is 11.6 Å². The van der Waals surface area contributed by atoms with Crippen LogP contribution in [0.2, 0.25) is 0 Å². The van der Waals surface area contributed by atoms with E-state index < -0.39 is 0 Å². The summed E-state index contributed by atoms with van der Waals surface area (Å²) in [6.45, 7) is 6.48. The molecule has 1 nitrogen and oxygen atoms in total. The number of alkyl halides is 1. The minimum atomic E-state index is 0.638. The van der Waals surface area contributed by atoms with Gasteiger partial charge in [-0.2, -0.15) is 0 Å². The number of hydrogen-bond donors (Lipinski definition) is 0. The second-order valence-corrected chi connectivity index (χ2v) is 5.57. The van der Waals surface area contributed by atoms with Gasteiger partial charge in [-0.05, 0) is 37.5 Å². The molecule has 0 atom stereocenters. The van der Waals surface area contributed by atoms with Gasteiger partial charge in [0.1, 0.15) is 0 Å². The van der Waals surface area contributed by atoms with Gasteiger partial charge in [0.25, 0.3) is 0 Å². The number of hydrogen-bond acceptors (Lipinski definition) is 2. The molecule has 0 spiro atoms. The second-order valence-electron chi connectivity index (χ2n) is 4.25. The Hall–Kier alpha value is -0.860. The van der Waals surface area contributed by atoms with Crippen LogP contribution in [0.1, 0.15) is 21.7 Å². The number of benzene rings is 1. The molecule has 0 unspecified atom stereocenters. The van der Waals surface area contributed by atoms with Crippen LogP contribution < -0.4 is 0 Å². The molecule has 0 amide bonds. The highest BCUT2D eigenvalue weighted by Gasteiger charge is 2.09. The molecule has 0 fully saturated rings. The zero-order valence-electron chi connectivity index (χ0n) is 10.4. The third-order valence-corrected chi connectivity index (χ3v) is 4.29. The maximum atomic E-state index is 5.74. The molecule has 0 aliphatic heterocycles. The van der Waals surface area contributed by atoms with Crippen LogP contribution in [-0.4, -0.2) is 10.9 Å². The molecule has 0 saturated carbocycles. The number of rotatable bonds is 3. The minimum Gasteiger partial charge on any atom is -0.241 e. The largest absolute Gasteiger partial charge is 0.241 e. The Balaban J connectivity index is 2.42. The van der Waals surface area contributed by atoms with Crippen LogP contribution in [0, 0.1) is 20.8 Å². The van der Waals surface area contributed by atoms with Gasteiger partial charge in [-0.25, -0.2) is 4.98 Å². The maximum Gasteiger partial charge on any atom is 0.0944 e.